The van der Waals surface area contributed by atoms with Crippen molar-refractivity contribution in [3.05, 3.63) is 106 Å². The van der Waals surface area contributed by atoms with Gasteiger partial charge in [0.15, 0.2) is 0 Å². The summed E-state index contributed by atoms with van der Waals surface area (Å²) < 4.78 is 0. The topological polar surface area (TPSA) is 74.8 Å². The predicted molar refractivity (Wildman–Crippen MR) is 173 cm³/mol. The molecule has 6 aromatic carbocycles. The lowest BCUT2D eigenvalue weighted by Gasteiger charge is -2.34. The average molecular weight is 599 g/mol. The summed E-state index contributed by atoms with van der Waals surface area (Å²) in [6.45, 7) is 6.17. The molecule has 1 unspecified atom stereocenters. The van der Waals surface area contributed by atoms with E-state index in [1.807, 2.05) is 69.3 Å². The molecule has 6 aromatic rings. The van der Waals surface area contributed by atoms with Crippen molar-refractivity contribution >= 4 is 78.3 Å². The lowest BCUT2D eigenvalue weighted by Crippen LogP contribution is -2.47. The van der Waals surface area contributed by atoms with E-state index in [9.17, 15) is 19.2 Å². The Hall–Kier alpha value is -4.81. The summed E-state index contributed by atoms with van der Waals surface area (Å²) in [5, 5.41) is 7.18. The van der Waals surface area contributed by atoms with Crippen molar-refractivity contribution in [2.45, 2.75) is 33.2 Å². The minimum atomic E-state index is -0.313. The molecule has 0 aliphatic carbocycles. The number of rotatable bonds is 5. The Morgan fingerprint density at radius 2 is 0.955 bits per heavy atom. The highest BCUT2D eigenvalue weighted by atomic mass is 35.5. The molecule has 0 fully saturated rings. The molecule has 216 valence electrons. The van der Waals surface area contributed by atoms with E-state index in [0.717, 1.165) is 37.9 Å². The number of fused-ring (bicyclic) bond motifs is 2. The SMILES string of the molecule is CC(C)C(C)N1C(=O)c2ccc3c4ccc5c6c(ccc(c7ccc(c2c37)C1=O)c64)C(=O)N(CCc1ccc(Cl)cc1)C5=O. The van der Waals surface area contributed by atoms with Crippen LogP contribution in [0.5, 0.6) is 0 Å². The van der Waals surface area contributed by atoms with Gasteiger partial charge in [-0.15, -0.1) is 0 Å². The first-order chi connectivity index (χ1) is 21.2. The van der Waals surface area contributed by atoms with Crippen LogP contribution in [-0.4, -0.2) is 46.0 Å². The van der Waals surface area contributed by atoms with Crippen molar-refractivity contribution in [1.29, 1.82) is 0 Å². The first-order valence-corrected chi connectivity index (χ1v) is 15.2. The molecule has 2 aliphatic heterocycles. The predicted octanol–water partition coefficient (Wildman–Crippen LogP) is 7.87. The van der Waals surface area contributed by atoms with Gasteiger partial charge in [0.2, 0.25) is 0 Å². The maximum atomic E-state index is 13.8. The van der Waals surface area contributed by atoms with Crippen LogP contribution in [0.25, 0.3) is 43.1 Å². The van der Waals surface area contributed by atoms with E-state index in [4.69, 9.17) is 11.6 Å². The minimum Gasteiger partial charge on any atom is -0.274 e. The van der Waals surface area contributed by atoms with Crippen LogP contribution in [0.3, 0.4) is 0 Å². The van der Waals surface area contributed by atoms with E-state index < -0.39 is 0 Å². The molecule has 6 nitrogen and oxygen atoms in total. The maximum absolute atomic E-state index is 13.8. The van der Waals surface area contributed by atoms with Crippen molar-refractivity contribution in [3.63, 3.8) is 0 Å². The van der Waals surface area contributed by atoms with Gasteiger partial charge in [0.25, 0.3) is 23.6 Å². The van der Waals surface area contributed by atoms with Crippen LogP contribution >= 0.6 is 11.6 Å². The smallest absolute Gasteiger partial charge is 0.261 e. The molecule has 0 bridgehead atoms. The molecule has 2 heterocycles. The van der Waals surface area contributed by atoms with Crippen molar-refractivity contribution in [2.24, 2.45) is 5.92 Å². The molecule has 0 radical (unpaired) electrons. The Labute approximate surface area is 258 Å². The van der Waals surface area contributed by atoms with Crippen molar-refractivity contribution in [3.8, 4) is 0 Å². The van der Waals surface area contributed by atoms with Gasteiger partial charge in [0.1, 0.15) is 0 Å². The molecule has 2 aliphatic rings. The fourth-order valence-electron chi connectivity index (χ4n) is 7.10. The average Bonchev–Trinajstić information content (AvgIpc) is 3.02. The summed E-state index contributed by atoms with van der Waals surface area (Å²) in [6.07, 6.45) is 0.522. The van der Waals surface area contributed by atoms with E-state index in [2.05, 4.69) is 0 Å². The highest BCUT2D eigenvalue weighted by Crippen LogP contribution is 2.46. The Bertz CT molecular complexity index is 2150. The Morgan fingerprint density at radius 1 is 0.545 bits per heavy atom. The van der Waals surface area contributed by atoms with E-state index in [-0.39, 0.29) is 42.1 Å². The molecule has 0 N–H and O–H groups in total. The quantitative estimate of drug-likeness (QED) is 0.115. The summed E-state index contributed by atoms with van der Waals surface area (Å²) in [4.78, 5) is 57.8. The number of carbonyl (C=O) groups is 4. The molecule has 8 rings (SSSR count). The lowest BCUT2D eigenvalue weighted by atomic mass is 9.82. The first kappa shape index (κ1) is 26.8. The zero-order valence-electron chi connectivity index (χ0n) is 24.4. The summed E-state index contributed by atoms with van der Waals surface area (Å²) >= 11 is 6.02. The maximum Gasteiger partial charge on any atom is 0.261 e. The minimum absolute atomic E-state index is 0.114. The second kappa shape index (κ2) is 9.34. The Morgan fingerprint density at radius 3 is 1.36 bits per heavy atom. The zero-order valence-corrected chi connectivity index (χ0v) is 25.2. The summed E-state index contributed by atoms with van der Waals surface area (Å²) in [7, 11) is 0. The molecular weight excluding hydrogens is 572 g/mol. The van der Waals surface area contributed by atoms with Gasteiger partial charge >= 0.3 is 0 Å². The number of nitrogens with zero attached hydrogens (tertiary/aromatic N) is 2. The third-order valence-corrected chi connectivity index (χ3v) is 9.91. The number of hydrogen-bond acceptors (Lipinski definition) is 4. The molecule has 44 heavy (non-hydrogen) atoms. The van der Waals surface area contributed by atoms with Crippen LogP contribution in [0.15, 0.2) is 72.8 Å². The highest BCUT2D eigenvalue weighted by Gasteiger charge is 2.38. The van der Waals surface area contributed by atoms with Gasteiger partial charge in [-0.05, 0) is 93.5 Å². The van der Waals surface area contributed by atoms with Gasteiger partial charge in [0, 0.05) is 50.6 Å². The number of amides is 4. The largest absolute Gasteiger partial charge is 0.274 e. The van der Waals surface area contributed by atoms with Gasteiger partial charge in [-0.3, -0.25) is 29.0 Å². The van der Waals surface area contributed by atoms with Crippen LogP contribution in [0, 0.1) is 5.92 Å². The summed E-state index contributed by atoms with van der Waals surface area (Å²) in [6, 6.07) is 22.1. The van der Waals surface area contributed by atoms with Gasteiger partial charge < -0.3 is 0 Å². The molecule has 7 heteroatoms. The van der Waals surface area contributed by atoms with Gasteiger partial charge in [-0.1, -0.05) is 61.8 Å². The number of benzene rings is 6. The van der Waals surface area contributed by atoms with Crippen LogP contribution in [0.4, 0.5) is 0 Å². The summed E-state index contributed by atoms with van der Waals surface area (Å²) in [5.41, 5.74) is 3.01. The molecule has 0 saturated carbocycles. The summed E-state index contributed by atoms with van der Waals surface area (Å²) in [5.74, 6) is -1.07. The monoisotopic (exact) mass is 598 g/mol. The molecular formula is C37H27ClN2O4. The lowest BCUT2D eigenvalue weighted by molar-refractivity contribution is 0.0511. The van der Waals surface area contributed by atoms with E-state index in [0.29, 0.717) is 44.5 Å². The van der Waals surface area contributed by atoms with Crippen molar-refractivity contribution in [1.82, 2.24) is 9.80 Å². The van der Waals surface area contributed by atoms with Gasteiger partial charge in [0.05, 0.1) is 0 Å². The van der Waals surface area contributed by atoms with Crippen LogP contribution in [0.2, 0.25) is 5.02 Å². The van der Waals surface area contributed by atoms with E-state index >= 15 is 0 Å². The molecule has 0 aromatic heterocycles. The van der Waals surface area contributed by atoms with Crippen LogP contribution in [-0.2, 0) is 6.42 Å². The number of hydrogen-bond donors (Lipinski definition) is 0. The van der Waals surface area contributed by atoms with Crippen LogP contribution in [0.1, 0.15) is 67.8 Å². The van der Waals surface area contributed by atoms with Crippen molar-refractivity contribution < 1.29 is 19.2 Å². The van der Waals surface area contributed by atoms with E-state index in [1.165, 1.54) is 9.80 Å². The molecule has 4 amide bonds. The fourth-order valence-corrected chi connectivity index (χ4v) is 7.23. The Balaban J connectivity index is 1.32. The fraction of sp³-hybridized carbons (Fsp3) is 0.189. The molecule has 0 spiro atoms. The third-order valence-electron chi connectivity index (χ3n) is 9.66. The molecule has 1 atom stereocenters. The second-order valence-corrected chi connectivity index (χ2v) is 12.7. The number of imide groups is 2. The Kier molecular flexibility index (Phi) is 5.69. The van der Waals surface area contributed by atoms with Gasteiger partial charge in [-0.2, -0.15) is 0 Å². The van der Waals surface area contributed by atoms with E-state index in [1.54, 1.807) is 24.3 Å². The first-order valence-electron chi connectivity index (χ1n) is 14.9. The number of halogens is 1. The third kappa shape index (κ3) is 3.49. The standard InChI is InChI=1S/C37H27ClN2O4/c1-18(2)19(3)40-36(43)28-14-10-24-22-8-12-26-32-27(35(42)39(34(26)41)17-16-20-4-6-21(38)7-5-20)13-9-23(30(22)32)25-11-15-29(37(40)44)33(28)31(24)25/h4-15,18-19H,16-17H2,1-3H3. The highest BCUT2D eigenvalue weighted by molar-refractivity contribution is 6.41. The number of carbonyl (C=O) groups excluding carboxylic acids is 4. The molecule has 0 saturated heterocycles. The van der Waals surface area contributed by atoms with Crippen LogP contribution < -0.4 is 0 Å². The van der Waals surface area contributed by atoms with Gasteiger partial charge in [-0.25, -0.2) is 0 Å². The normalized spacial score (nSPS) is 15.7. The van der Waals surface area contributed by atoms with Crippen molar-refractivity contribution in [2.75, 3.05) is 6.54 Å². The second-order valence-electron chi connectivity index (χ2n) is 12.2. The zero-order chi connectivity index (χ0) is 30.6.